The van der Waals surface area contributed by atoms with Gasteiger partial charge < -0.3 is 0 Å². The summed E-state index contributed by atoms with van der Waals surface area (Å²) < 4.78 is 0. The van der Waals surface area contributed by atoms with Gasteiger partial charge in [0.2, 0.25) is 0 Å². The summed E-state index contributed by atoms with van der Waals surface area (Å²) in [6.07, 6.45) is 65.4. The summed E-state index contributed by atoms with van der Waals surface area (Å²) in [6.45, 7) is 17.5. The van der Waals surface area contributed by atoms with Gasteiger partial charge in [0.25, 0.3) is 0 Å². The van der Waals surface area contributed by atoms with Crippen LogP contribution in [0.25, 0.3) is 0 Å². The molecule has 10 aliphatic rings. The first-order valence-corrected chi connectivity index (χ1v) is 26.5. The highest BCUT2D eigenvalue weighted by Gasteiger charge is 1.99. The van der Waals surface area contributed by atoms with E-state index in [1.807, 2.05) is 13.8 Å². The third-order valence-corrected chi connectivity index (χ3v) is 11.7. The summed E-state index contributed by atoms with van der Waals surface area (Å²) in [5, 5.41) is 0. The molecule has 0 aromatic heterocycles. The fraction of sp³-hybridized carbons (Fsp3) is 1.00. The number of rotatable bonds is 4. The summed E-state index contributed by atoms with van der Waals surface area (Å²) in [7, 11) is 0. The molecule has 10 rings (SSSR count). The molecule has 0 atom stereocenters. The lowest BCUT2D eigenvalue weighted by atomic mass is 10.0. The normalized spacial score (nSPS) is 20.1. The maximum absolute atomic E-state index is 2.25. The fourth-order valence-electron chi connectivity index (χ4n) is 3.65. The molecular formula is C54H114. The quantitative estimate of drug-likeness (QED) is 0.268. The Labute approximate surface area is 348 Å². The van der Waals surface area contributed by atoms with Gasteiger partial charge in [-0.25, -0.2) is 0 Å². The zero-order valence-electron chi connectivity index (χ0n) is 40.3. The van der Waals surface area contributed by atoms with Crippen LogP contribution in [-0.2, 0) is 0 Å². The Morgan fingerprint density at radius 3 is 0.278 bits per heavy atom. The second-order valence-corrected chi connectivity index (χ2v) is 18.5. The van der Waals surface area contributed by atoms with Gasteiger partial charge in [0, 0.05) is 0 Å². The van der Waals surface area contributed by atoms with Gasteiger partial charge in [-0.1, -0.05) is 338 Å². The fourth-order valence-corrected chi connectivity index (χ4v) is 3.65. The smallest absolute Gasteiger partial charge is 0.0471 e. The van der Waals surface area contributed by atoms with E-state index in [0.717, 1.165) is 11.8 Å². The highest BCUT2D eigenvalue weighted by atomic mass is 14.1. The van der Waals surface area contributed by atoms with Crippen molar-refractivity contribution in [1.82, 2.24) is 0 Å². The minimum atomic E-state index is 0.898. The van der Waals surface area contributed by atoms with Crippen LogP contribution >= 0.6 is 0 Å². The molecule has 0 bridgehead atoms. The topological polar surface area (TPSA) is 0 Å². The maximum atomic E-state index is 2.25. The first-order chi connectivity index (χ1) is 26.5. The van der Waals surface area contributed by atoms with Crippen molar-refractivity contribution in [3.63, 3.8) is 0 Å². The molecule has 0 aliphatic heterocycles. The molecule has 0 heteroatoms. The second kappa shape index (κ2) is 57.3. The van der Waals surface area contributed by atoms with E-state index in [1.165, 1.54) is 283 Å². The Morgan fingerprint density at radius 1 is 0.204 bits per heavy atom. The lowest BCUT2D eigenvalue weighted by Crippen LogP contribution is -1.85. The largest absolute Gasteiger partial charge is 0.0683 e. The molecule has 0 N–H and O–H groups in total. The Balaban J connectivity index is -0.000000524. The molecule has 10 fully saturated rings. The van der Waals surface area contributed by atoms with Crippen molar-refractivity contribution in [2.75, 3.05) is 0 Å². The second-order valence-electron chi connectivity index (χ2n) is 18.5. The van der Waals surface area contributed by atoms with E-state index in [9.17, 15) is 0 Å². The van der Waals surface area contributed by atoms with Crippen LogP contribution in [0.4, 0.5) is 0 Å². The van der Waals surface area contributed by atoms with Crippen molar-refractivity contribution in [2.24, 2.45) is 11.8 Å². The van der Waals surface area contributed by atoms with E-state index in [-0.39, 0.29) is 0 Å². The monoisotopic (exact) mass is 763 g/mol. The molecule has 10 aliphatic carbocycles. The highest BCUT2D eigenvalue weighted by molar-refractivity contribution is 4.54. The first kappa shape index (κ1) is 58.3. The Kier molecular flexibility index (Phi) is 61.9. The third kappa shape index (κ3) is 63.9. The zero-order valence-corrected chi connectivity index (χ0v) is 40.3. The molecular weight excluding hydrogens is 649 g/mol. The molecule has 10 saturated carbocycles. The van der Waals surface area contributed by atoms with Crippen LogP contribution in [0.3, 0.4) is 0 Å². The molecule has 54 heavy (non-hydrogen) atoms. The standard InChI is InChI=1S/2C6H14.10C4H8.C2H6/c2*1-4-5-6(2)3;10*1-2-4-3-1;1-2/h2*6H,4-5H2,1-3H3;10*1-4H2;1-2H3. The van der Waals surface area contributed by atoms with Gasteiger partial charge in [-0.3, -0.25) is 0 Å². The van der Waals surface area contributed by atoms with E-state index in [0.29, 0.717) is 0 Å². The van der Waals surface area contributed by atoms with E-state index in [1.54, 1.807) is 0 Å². The van der Waals surface area contributed by atoms with E-state index >= 15 is 0 Å². The third-order valence-electron chi connectivity index (χ3n) is 11.7. The lowest BCUT2D eigenvalue weighted by Gasteiger charge is -2.05. The van der Waals surface area contributed by atoms with Gasteiger partial charge in [0.15, 0.2) is 0 Å². The zero-order chi connectivity index (χ0) is 40.3. The SMILES string of the molecule is C1CCC1.C1CCC1.C1CCC1.C1CCC1.C1CCC1.C1CCC1.C1CCC1.C1CCC1.C1CCC1.C1CCC1.CC.CCCC(C)C.CCCC(C)C. The van der Waals surface area contributed by atoms with Gasteiger partial charge in [0.05, 0.1) is 0 Å². The molecule has 0 unspecified atom stereocenters. The molecule has 0 amide bonds. The number of hydrogen-bond donors (Lipinski definition) is 0. The number of hydrogen-bond acceptors (Lipinski definition) is 0. The summed E-state index contributed by atoms with van der Waals surface area (Å²) in [4.78, 5) is 0. The first-order valence-electron chi connectivity index (χ1n) is 26.5. The molecule has 0 nitrogen and oxygen atoms in total. The van der Waals surface area contributed by atoms with Crippen molar-refractivity contribution in [2.45, 2.75) is 338 Å². The average Bonchev–Trinajstić information content (AvgIpc) is 2.74. The van der Waals surface area contributed by atoms with Gasteiger partial charge in [-0.05, 0) is 11.8 Å². The molecule has 0 aromatic carbocycles. The van der Waals surface area contributed by atoms with Crippen LogP contribution in [0, 0.1) is 11.8 Å². The van der Waals surface area contributed by atoms with Crippen LogP contribution in [-0.4, -0.2) is 0 Å². The lowest BCUT2D eigenvalue weighted by molar-refractivity contribution is 0.504. The molecule has 0 radical (unpaired) electrons. The Bertz CT molecular complexity index is 338. The van der Waals surface area contributed by atoms with Crippen LogP contribution in [0.5, 0.6) is 0 Å². The van der Waals surface area contributed by atoms with Gasteiger partial charge in [-0.2, -0.15) is 0 Å². The van der Waals surface area contributed by atoms with Crippen molar-refractivity contribution in [1.29, 1.82) is 0 Å². The van der Waals surface area contributed by atoms with Crippen molar-refractivity contribution < 1.29 is 0 Å². The predicted octanol–water partition coefficient (Wildman–Crippen LogP) is 21.5. The highest BCUT2D eigenvalue weighted by Crippen LogP contribution is 2.18. The minimum Gasteiger partial charge on any atom is -0.0683 e. The summed E-state index contributed by atoms with van der Waals surface area (Å²) in [6, 6.07) is 0. The molecule has 0 spiro atoms. The molecule has 330 valence electrons. The molecule has 0 saturated heterocycles. The summed E-state index contributed by atoms with van der Waals surface area (Å²) in [5.41, 5.74) is 0. The predicted molar refractivity (Wildman–Crippen MR) is 256 cm³/mol. The Hall–Kier alpha value is 0. The molecule has 0 aromatic rings. The summed E-state index contributed by atoms with van der Waals surface area (Å²) >= 11 is 0. The maximum Gasteiger partial charge on any atom is -0.0471 e. The van der Waals surface area contributed by atoms with Gasteiger partial charge >= 0.3 is 0 Å². The van der Waals surface area contributed by atoms with Crippen LogP contribution in [0.15, 0.2) is 0 Å². The summed E-state index contributed by atoms with van der Waals surface area (Å²) in [5.74, 6) is 1.80. The average molecular weight is 764 g/mol. The van der Waals surface area contributed by atoms with E-state index in [2.05, 4.69) is 41.5 Å². The molecule has 0 heterocycles. The van der Waals surface area contributed by atoms with Crippen LogP contribution < -0.4 is 0 Å². The van der Waals surface area contributed by atoms with Gasteiger partial charge in [0.1, 0.15) is 0 Å². The van der Waals surface area contributed by atoms with Crippen molar-refractivity contribution in [3.8, 4) is 0 Å². The van der Waals surface area contributed by atoms with E-state index in [4.69, 9.17) is 0 Å². The minimum absolute atomic E-state index is 0.898. The van der Waals surface area contributed by atoms with Crippen LogP contribution in [0.2, 0.25) is 0 Å². The van der Waals surface area contributed by atoms with Gasteiger partial charge in [-0.15, -0.1) is 0 Å². The van der Waals surface area contributed by atoms with Crippen LogP contribution in [0.1, 0.15) is 338 Å². The van der Waals surface area contributed by atoms with Crippen molar-refractivity contribution in [3.05, 3.63) is 0 Å². The van der Waals surface area contributed by atoms with Crippen molar-refractivity contribution >= 4 is 0 Å². The Morgan fingerprint density at radius 2 is 0.278 bits per heavy atom. The van der Waals surface area contributed by atoms with E-state index < -0.39 is 0 Å².